The molecule has 184 valence electrons. The maximum Gasteiger partial charge on any atom is 0.262 e. The van der Waals surface area contributed by atoms with Gasteiger partial charge >= 0.3 is 0 Å². The van der Waals surface area contributed by atoms with E-state index in [1.165, 1.54) is 0 Å². The summed E-state index contributed by atoms with van der Waals surface area (Å²) in [7, 11) is 0. The van der Waals surface area contributed by atoms with E-state index >= 15 is 0 Å². The van der Waals surface area contributed by atoms with Gasteiger partial charge < -0.3 is 9.88 Å². The second-order valence-corrected chi connectivity index (χ2v) is 9.61. The Morgan fingerprint density at radius 3 is 2.39 bits per heavy atom. The zero-order valence-corrected chi connectivity index (χ0v) is 21.4. The minimum absolute atomic E-state index is 0.159. The number of fused-ring (bicyclic) bond motifs is 1. The van der Waals surface area contributed by atoms with Gasteiger partial charge in [-0.3, -0.25) is 9.59 Å². The Balaban J connectivity index is 1.49. The molecule has 3 aromatic carbocycles. The summed E-state index contributed by atoms with van der Waals surface area (Å²) in [5.41, 5.74) is 5.91. The number of hydrogen-bond acceptors (Lipinski definition) is 3. The summed E-state index contributed by atoms with van der Waals surface area (Å²) < 4.78 is 2.13. The minimum Gasteiger partial charge on any atom is -0.342 e. The van der Waals surface area contributed by atoms with Crippen LogP contribution in [0.15, 0.2) is 84.1 Å². The first-order valence-electron chi connectivity index (χ1n) is 11.5. The average Bonchev–Trinajstić information content (AvgIpc) is 3.21. The largest absolute Gasteiger partial charge is 0.342 e. The first kappa shape index (κ1) is 25.5. The van der Waals surface area contributed by atoms with E-state index in [1.807, 2.05) is 68.6 Å². The Hall–Kier alpha value is -3.61. The van der Waals surface area contributed by atoms with Gasteiger partial charge in [-0.15, -0.1) is 0 Å². The molecule has 0 aliphatic rings. The first-order chi connectivity index (χ1) is 17.3. The Labute approximate surface area is 219 Å². The number of carbonyl (C=O) groups excluding carboxylic acids is 2. The number of nitrogens with zero attached hydrogens (tertiary/aromatic N) is 2. The molecule has 2 amide bonds. The van der Waals surface area contributed by atoms with Crippen molar-refractivity contribution >= 4 is 52.1 Å². The summed E-state index contributed by atoms with van der Waals surface area (Å²) in [4.78, 5) is 25.5. The van der Waals surface area contributed by atoms with Crippen molar-refractivity contribution in [1.29, 1.82) is 0 Å². The van der Waals surface area contributed by atoms with Gasteiger partial charge in [0.2, 0.25) is 0 Å². The smallest absolute Gasteiger partial charge is 0.262 e. The van der Waals surface area contributed by atoms with Crippen LogP contribution in [0.4, 0.5) is 0 Å². The van der Waals surface area contributed by atoms with Gasteiger partial charge in [-0.1, -0.05) is 79.5 Å². The van der Waals surface area contributed by atoms with Crippen molar-refractivity contribution in [1.82, 2.24) is 15.3 Å². The molecule has 2 N–H and O–H groups in total. The molecule has 0 saturated carbocycles. The molecule has 0 aliphatic heterocycles. The summed E-state index contributed by atoms with van der Waals surface area (Å²) in [5, 5.41) is 8.99. The zero-order chi connectivity index (χ0) is 25.7. The highest BCUT2D eigenvalue weighted by Gasteiger charge is 2.25. The third-order valence-corrected chi connectivity index (χ3v) is 6.40. The molecule has 36 heavy (non-hydrogen) atoms. The maximum atomic E-state index is 12.9. The van der Waals surface area contributed by atoms with E-state index in [0.717, 1.165) is 22.0 Å². The summed E-state index contributed by atoms with van der Waals surface area (Å²) in [5.74, 6) is -0.983. The summed E-state index contributed by atoms with van der Waals surface area (Å²) >= 11 is 12.1. The summed E-state index contributed by atoms with van der Waals surface area (Å²) in [6.07, 6.45) is 3.61. The van der Waals surface area contributed by atoms with Gasteiger partial charge in [0.25, 0.3) is 11.8 Å². The fourth-order valence-electron chi connectivity index (χ4n) is 3.93. The molecule has 1 heterocycles. The number of amides is 2. The lowest BCUT2D eigenvalue weighted by Gasteiger charge is -2.20. The van der Waals surface area contributed by atoms with Crippen LogP contribution in [0.1, 0.15) is 35.3 Å². The van der Waals surface area contributed by atoms with Crippen LogP contribution in [0.25, 0.3) is 10.9 Å². The predicted molar refractivity (Wildman–Crippen MR) is 146 cm³/mol. The molecule has 4 aromatic rings. The van der Waals surface area contributed by atoms with Crippen LogP contribution in [0.2, 0.25) is 10.0 Å². The topological polar surface area (TPSA) is 75.5 Å². The van der Waals surface area contributed by atoms with Crippen molar-refractivity contribution in [2.45, 2.75) is 26.4 Å². The summed E-state index contributed by atoms with van der Waals surface area (Å²) in [6.45, 7) is 4.37. The molecule has 0 radical (unpaired) electrons. The number of nitrogens with one attached hydrogen (secondary N) is 2. The van der Waals surface area contributed by atoms with Crippen molar-refractivity contribution in [2.24, 2.45) is 11.0 Å². The Morgan fingerprint density at radius 2 is 1.67 bits per heavy atom. The monoisotopic (exact) mass is 520 g/mol. The van der Waals surface area contributed by atoms with Crippen molar-refractivity contribution in [3.05, 3.63) is 106 Å². The third kappa shape index (κ3) is 5.96. The van der Waals surface area contributed by atoms with Crippen LogP contribution >= 0.6 is 23.2 Å². The molecular weight excluding hydrogens is 495 g/mol. The number of halogens is 2. The average molecular weight is 521 g/mol. The van der Waals surface area contributed by atoms with Crippen molar-refractivity contribution in [3.63, 3.8) is 0 Å². The van der Waals surface area contributed by atoms with Crippen LogP contribution in [-0.4, -0.2) is 28.6 Å². The Kier molecular flexibility index (Phi) is 8.08. The normalized spacial score (nSPS) is 12.2. The molecule has 0 bridgehead atoms. The van der Waals surface area contributed by atoms with Crippen LogP contribution in [0.5, 0.6) is 0 Å². The number of hydrogen-bond donors (Lipinski definition) is 2. The molecule has 6 nitrogen and oxygen atoms in total. The second kappa shape index (κ2) is 11.4. The van der Waals surface area contributed by atoms with Gasteiger partial charge in [0, 0.05) is 34.2 Å². The van der Waals surface area contributed by atoms with Crippen molar-refractivity contribution in [3.8, 4) is 0 Å². The number of benzene rings is 3. The lowest BCUT2D eigenvalue weighted by Crippen LogP contribution is -2.48. The number of carbonyl (C=O) groups is 2. The Morgan fingerprint density at radius 1 is 0.972 bits per heavy atom. The van der Waals surface area contributed by atoms with E-state index in [1.54, 1.807) is 30.5 Å². The quantitative estimate of drug-likeness (QED) is 0.224. The lowest BCUT2D eigenvalue weighted by atomic mass is 10.0. The highest BCUT2D eigenvalue weighted by molar-refractivity contribution is 6.33. The molecule has 0 aliphatic carbocycles. The maximum absolute atomic E-state index is 12.9. The van der Waals surface area contributed by atoms with E-state index in [-0.39, 0.29) is 5.92 Å². The lowest BCUT2D eigenvalue weighted by molar-refractivity contribution is -0.123. The number of rotatable bonds is 8. The molecule has 1 aromatic heterocycles. The number of para-hydroxylation sites is 1. The molecule has 8 heteroatoms. The summed E-state index contributed by atoms with van der Waals surface area (Å²) in [6, 6.07) is 21.7. The van der Waals surface area contributed by atoms with Gasteiger partial charge in [-0.25, -0.2) is 5.43 Å². The molecule has 1 atom stereocenters. The highest BCUT2D eigenvalue weighted by Crippen LogP contribution is 2.22. The van der Waals surface area contributed by atoms with E-state index in [0.29, 0.717) is 22.2 Å². The van der Waals surface area contributed by atoms with Crippen LogP contribution in [0.3, 0.4) is 0 Å². The van der Waals surface area contributed by atoms with Gasteiger partial charge in [0.05, 0.1) is 16.8 Å². The zero-order valence-electron chi connectivity index (χ0n) is 19.9. The molecule has 4 rings (SSSR count). The molecular formula is C28H26Cl2N4O2. The second-order valence-electron chi connectivity index (χ2n) is 8.77. The molecule has 0 fully saturated rings. The van der Waals surface area contributed by atoms with Crippen molar-refractivity contribution < 1.29 is 9.59 Å². The van der Waals surface area contributed by atoms with E-state index in [4.69, 9.17) is 23.2 Å². The van der Waals surface area contributed by atoms with Crippen LogP contribution in [0, 0.1) is 5.92 Å². The van der Waals surface area contributed by atoms with E-state index < -0.39 is 17.9 Å². The standard InChI is InChI=1S/C28H26Cl2N4O2/c1-18(2)26(32-27(35)23-8-3-5-9-24(23)30)28(36)33-31-15-20-17-34(25-10-6-4-7-22(20)25)16-19-11-13-21(29)14-12-19/h3-15,17-18,26H,16H2,1-2H3,(H,32,35)(H,33,36)/b31-15-. The number of aromatic nitrogens is 1. The SMILES string of the molecule is CC(C)C(NC(=O)c1ccccc1Cl)C(=O)N/N=C\c1cn(Cc2ccc(Cl)cc2)c2ccccc12. The third-order valence-electron chi connectivity index (χ3n) is 5.82. The van der Waals surface area contributed by atoms with Gasteiger partial charge in [-0.05, 0) is 41.8 Å². The fraction of sp³-hybridized carbons (Fsp3) is 0.179. The molecule has 0 spiro atoms. The molecule has 1 unspecified atom stereocenters. The predicted octanol–water partition coefficient (Wildman–Crippen LogP) is 5.90. The Bertz CT molecular complexity index is 1410. The number of hydrazone groups is 1. The van der Waals surface area contributed by atoms with E-state index in [9.17, 15) is 9.59 Å². The van der Waals surface area contributed by atoms with Gasteiger partial charge in [-0.2, -0.15) is 5.10 Å². The minimum atomic E-state index is -0.780. The molecule has 0 saturated heterocycles. The highest BCUT2D eigenvalue weighted by atomic mass is 35.5. The van der Waals surface area contributed by atoms with Gasteiger partial charge in [0.1, 0.15) is 6.04 Å². The first-order valence-corrected chi connectivity index (χ1v) is 12.3. The van der Waals surface area contributed by atoms with Gasteiger partial charge in [0.15, 0.2) is 0 Å². The van der Waals surface area contributed by atoms with Crippen LogP contribution < -0.4 is 10.7 Å². The van der Waals surface area contributed by atoms with Crippen LogP contribution in [-0.2, 0) is 11.3 Å². The van der Waals surface area contributed by atoms with Crippen molar-refractivity contribution in [2.75, 3.05) is 0 Å². The fourth-order valence-corrected chi connectivity index (χ4v) is 4.28. The van der Waals surface area contributed by atoms with E-state index in [2.05, 4.69) is 20.4 Å².